The van der Waals surface area contributed by atoms with E-state index in [0.717, 1.165) is 5.56 Å². The number of para-hydroxylation sites is 1. The average Bonchev–Trinajstić information content (AvgIpc) is 2.46. The Kier molecular flexibility index (Phi) is 3.86. The Labute approximate surface area is 121 Å². The molecule has 0 aliphatic rings. The zero-order valence-electron chi connectivity index (χ0n) is 11.1. The molecule has 0 amide bonds. The van der Waals surface area contributed by atoms with Crippen molar-refractivity contribution in [1.29, 1.82) is 0 Å². The maximum atomic E-state index is 11.4. The molecule has 3 rings (SSSR count). The van der Waals surface area contributed by atoms with E-state index in [1.54, 1.807) is 30.3 Å². The van der Waals surface area contributed by atoms with Gasteiger partial charge in [0.15, 0.2) is 0 Å². The van der Waals surface area contributed by atoms with Gasteiger partial charge >= 0.3 is 5.97 Å². The van der Waals surface area contributed by atoms with Crippen molar-refractivity contribution >= 4 is 22.6 Å². The van der Waals surface area contributed by atoms with Crippen LogP contribution in [0.3, 0.4) is 0 Å². The highest BCUT2D eigenvalue weighted by molar-refractivity contribution is 6.03. The van der Waals surface area contributed by atoms with Gasteiger partial charge < -0.3 is 16.3 Å². The number of pyridine rings is 1. The monoisotopic (exact) mass is 282 g/mol. The standard InChI is InChI=1S/C16H12N2O2.H2O/c17-11-7-5-10(6-8-11)15-9-13(16(19)20)12-3-1-2-4-14(12)18-15;/h1-9H,17H2,(H,19,20);1H2. The largest absolute Gasteiger partial charge is 0.478 e. The summed E-state index contributed by atoms with van der Waals surface area (Å²) >= 11 is 0. The van der Waals surface area contributed by atoms with E-state index in [9.17, 15) is 9.90 Å². The maximum absolute atomic E-state index is 11.4. The molecule has 1 aromatic heterocycles. The number of carboxylic acid groups (broad SMARTS) is 1. The summed E-state index contributed by atoms with van der Waals surface area (Å²) in [6.07, 6.45) is 0. The van der Waals surface area contributed by atoms with E-state index >= 15 is 0 Å². The number of rotatable bonds is 2. The fourth-order valence-corrected chi connectivity index (χ4v) is 2.15. The molecule has 2 aromatic carbocycles. The fourth-order valence-electron chi connectivity index (χ4n) is 2.15. The van der Waals surface area contributed by atoms with E-state index in [0.29, 0.717) is 22.3 Å². The highest BCUT2D eigenvalue weighted by atomic mass is 16.4. The van der Waals surface area contributed by atoms with Crippen LogP contribution in [0.4, 0.5) is 5.69 Å². The number of nitrogens with two attached hydrogens (primary N) is 1. The Morgan fingerprint density at radius 1 is 1.05 bits per heavy atom. The van der Waals surface area contributed by atoms with E-state index in [4.69, 9.17) is 5.73 Å². The molecule has 106 valence electrons. The van der Waals surface area contributed by atoms with Gasteiger partial charge in [-0.2, -0.15) is 0 Å². The number of hydrogen-bond acceptors (Lipinski definition) is 3. The van der Waals surface area contributed by atoms with Crippen molar-refractivity contribution in [2.75, 3.05) is 5.73 Å². The van der Waals surface area contributed by atoms with Crippen molar-refractivity contribution in [3.63, 3.8) is 0 Å². The normalized spacial score (nSPS) is 10.1. The second-order valence-corrected chi connectivity index (χ2v) is 4.50. The van der Waals surface area contributed by atoms with E-state index < -0.39 is 5.97 Å². The lowest BCUT2D eigenvalue weighted by Gasteiger charge is -2.07. The van der Waals surface area contributed by atoms with Crippen molar-refractivity contribution < 1.29 is 15.4 Å². The van der Waals surface area contributed by atoms with Crippen LogP contribution >= 0.6 is 0 Å². The number of nitrogen functional groups attached to an aromatic ring is 1. The van der Waals surface area contributed by atoms with Crippen LogP contribution in [-0.4, -0.2) is 21.5 Å². The lowest BCUT2D eigenvalue weighted by Crippen LogP contribution is -2.00. The molecule has 0 spiro atoms. The van der Waals surface area contributed by atoms with Crippen LogP contribution < -0.4 is 5.73 Å². The molecule has 0 fully saturated rings. The summed E-state index contributed by atoms with van der Waals surface area (Å²) < 4.78 is 0. The first-order valence-corrected chi connectivity index (χ1v) is 6.14. The van der Waals surface area contributed by atoms with Gasteiger partial charge in [-0.3, -0.25) is 0 Å². The Hall–Kier alpha value is -2.92. The molecule has 1 heterocycles. The van der Waals surface area contributed by atoms with Crippen LogP contribution in [0.15, 0.2) is 54.6 Å². The highest BCUT2D eigenvalue weighted by Crippen LogP contribution is 2.25. The third-order valence-corrected chi connectivity index (χ3v) is 3.15. The summed E-state index contributed by atoms with van der Waals surface area (Å²) in [7, 11) is 0. The van der Waals surface area contributed by atoms with Crippen LogP contribution in [0.2, 0.25) is 0 Å². The van der Waals surface area contributed by atoms with Crippen LogP contribution in [0.25, 0.3) is 22.2 Å². The van der Waals surface area contributed by atoms with Gasteiger partial charge in [0.2, 0.25) is 0 Å². The van der Waals surface area contributed by atoms with Gasteiger partial charge in [-0.05, 0) is 24.3 Å². The molecule has 5 N–H and O–H groups in total. The summed E-state index contributed by atoms with van der Waals surface area (Å²) in [4.78, 5) is 15.9. The van der Waals surface area contributed by atoms with E-state index in [-0.39, 0.29) is 11.0 Å². The Morgan fingerprint density at radius 2 is 1.71 bits per heavy atom. The summed E-state index contributed by atoms with van der Waals surface area (Å²) in [5, 5.41) is 9.99. The van der Waals surface area contributed by atoms with Gasteiger partial charge in [-0.15, -0.1) is 0 Å². The first kappa shape index (κ1) is 14.5. The molecule has 5 heteroatoms. The number of hydrogen-bond donors (Lipinski definition) is 2. The minimum absolute atomic E-state index is 0. The lowest BCUT2D eigenvalue weighted by atomic mass is 10.0. The molecule has 0 unspecified atom stereocenters. The van der Waals surface area contributed by atoms with Gasteiger partial charge in [0.25, 0.3) is 0 Å². The van der Waals surface area contributed by atoms with Crippen molar-refractivity contribution in [3.05, 3.63) is 60.2 Å². The molecule has 0 saturated heterocycles. The minimum Gasteiger partial charge on any atom is -0.478 e. The summed E-state index contributed by atoms with van der Waals surface area (Å²) in [6.45, 7) is 0. The predicted molar refractivity (Wildman–Crippen MR) is 82.2 cm³/mol. The highest BCUT2D eigenvalue weighted by Gasteiger charge is 2.12. The van der Waals surface area contributed by atoms with Crippen LogP contribution in [-0.2, 0) is 0 Å². The van der Waals surface area contributed by atoms with Crippen molar-refractivity contribution in [2.24, 2.45) is 0 Å². The first-order valence-electron chi connectivity index (χ1n) is 6.14. The number of aromatic carboxylic acids is 1. The lowest BCUT2D eigenvalue weighted by molar-refractivity contribution is 0.0699. The van der Waals surface area contributed by atoms with Gasteiger partial charge in [0.05, 0.1) is 16.8 Å². The fraction of sp³-hybridized carbons (Fsp3) is 0. The Balaban J connectivity index is 0.00000161. The summed E-state index contributed by atoms with van der Waals surface area (Å²) in [5.41, 5.74) is 8.70. The predicted octanol–water partition coefficient (Wildman–Crippen LogP) is 2.36. The minimum atomic E-state index is -0.958. The first-order chi connectivity index (χ1) is 9.65. The second-order valence-electron chi connectivity index (χ2n) is 4.50. The molecule has 0 radical (unpaired) electrons. The van der Waals surface area contributed by atoms with Crippen LogP contribution in [0.1, 0.15) is 10.4 Å². The number of carbonyl (C=O) groups is 1. The van der Waals surface area contributed by atoms with Gasteiger partial charge in [0, 0.05) is 16.6 Å². The van der Waals surface area contributed by atoms with Crippen molar-refractivity contribution in [2.45, 2.75) is 0 Å². The van der Waals surface area contributed by atoms with E-state index in [1.165, 1.54) is 0 Å². The molecule has 0 atom stereocenters. The quantitative estimate of drug-likeness (QED) is 0.703. The van der Waals surface area contributed by atoms with Gasteiger partial charge in [-0.1, -0.05) is 30.3 Å². The molecule has 0 aliphatic heterocycles. The molecule has 5 nitrogen and oxygen atoms in total. The topological polar surface area (TPSA) is 108 Å². The van der Waals surface area contributed by atoms with E-state index in [2.05, 4.69) is 4.98 Å². The zero-order valence-corrected chi connectivity index (χ0v) is 11.1. The van der Waals surface area contributed by atoms with Crippen molar-refractivity contribution in [3.8, 4) is 11.3 Å². The zero-order chi connectivity index (χ0) is 14.1. The molecule has 0 saturated carbocycles. The number of anilines is 1. The molecule has 21 heavy (non-hydrogen) atoms. The van der Waals surface area contributed by atoms with Crippen LogP contribution in [0, 0.1) is 0 Å². The Morgan fingerprint density at radius 3 is 2.38 bits per heavy atom. The molecule has 0 bridgehead atoms. The number of fused-ring (bicyclic) bond motifs is 1. The number of aromatic nitrogens is 1. The van der Waals surface area contributed by atoms with Gasteiger partial charge in [-0.25, -0.2) is 9.78 Å². The molecular weight excluding hydrogens is 268 g/mol. The maximum Gasteiger partial charge on any atom is 0.336 e. The smallest absolute Gasteiger partial charge is 0.336 e. The third-order valence-electron chi connectivity index (χ3n) is 3.15. The summed E-state index contributed by atoms with van der Waals surface area (Å²) in [5.74, 6) is -0.958. The summed E-state index contributed by atoms with van der Waals surface area (Å²) in [6, 6.07) is 16.0. The molecular formula is C16H14N2O3. The third kappa shape index (κ3) is 2.68. The second kappa shape index (κ2) is 5.60. The average molecular weight is 282 g/mol. The number of benzene rings is 2. The van der Waals surface area contributed by atoms with Crippen molar-refractivity contribution in [1.82, 2.24) is 4.98 Å². The number of carboxylic acids is 1. The van der Waals surface area contributed by atoms with E-state index in [1.807, 2.05) is 24.3 Å². The Bertz CT molecular complexity index is 798. The molecule has 0 aliphatic carbocycles. The van der Waals surface area contributed by atoms with Crippen LogP contribution in [0.5, 0.6) is 0 Å². The molecule has 3 aromatic rings. The SMILES string of the molecule is Nc1ccc(-c2cc(C(=O)O)c3ccccc3n2)cc1.O. The van der Waals surface area contributed by atoms with Gasteiger partial charge in [0.1, 0.15) is 0 Å². The number of nitrogens with zero attached hydrogens (tertiary/aromatic N) is 1.